The summed E-state index contributed by atoms with van der Waals surface area (Å²) in [4.78, 5) is 1.45. The average molecular weight is 309 g/mol. The van der Waals surface area contributed by atoms with Gasteiger partial charge in [0.25, 0.3) is 0 Å². The zero-order chi connectivity index (χ0) is 14.9. The van der Waals surface area contributed by atoms with Gasteiger partial charge < -0.3 is 9.30 Å². The summed E-state index contributed by atoms with van der Waals surface area (Å²) < 4.78 is 7.91. The molecule has 0 bridgehead atoms. The largest absolute Gasteiger partial charge is 0.497 e. The van der Waals surface area contributed by atoms with Gasteiger partial charge in [0.2, 0.25) is 0 Å². The zero-order valence-corrected chi connectivity index (χ0v) is 13.5. The second kappa shape index (κ2) is 5.73. The first-order valence-electron chi connectivity index (χ1n) is 7.72. The number of nitrogens with zero attached hydrogens (tertiary/aromatic N) is 1. The highest BCUT2D eigenvalue weighted by Gasteiger charge is 2.21. The highest BCUT2D eigenvalue weighted by molar-refractivity contribution is 7.99. The quantitative estimate of drug-likeness (QED) is 0.694. The molecule has 0 saturated carbocycles. The first-order chi connectivity index (χ1) is 10.9. The van der Waals surface area contributed by atoms with Gasteiger partial charge in [0.05, 0.1) is 7.11 Å². The van der Waals surface area contributed by atoms with Crippen LogP contribution in [-0.4, -0.2) is 17.4 Å². The predicted octanol–water partition coefficient (Wildman–Crippen LogP) is 4.74. The summed E-state index contributed by atoms with van der Waals surface area (Å²) in [6.07, 6.45) is 2.44. The Morgan fingerprint density at radius 2 is 2.00 bits per heavy atom. The van der Waals surface area contributed by atoms with Gasteiger partial charge in [0, 0.05) is 28.0 Å². The smallest absolute Gasteiger partial charge is 0.119 e. The third kappa shape index (κ3) is 2.30. The van der Waals surface area contributed by atoms with E-state index in [1.165, 1.54) is 45.7 Å². The number of rotatable bonds is 3. The van der Waals surface area contributed by atoms with E-state index in [-0.39, 0.29) is 0 Å². The van der Waals surface area contributed by atoms with E-state index in [0.717, 1.165) is 12.3 Å². The lowest BCUT2D eigenvalue weighted by Gasteiger charge is -2.15. The van der Waals surface area contributed by atoms with Gasteiger partial charge >= 0.3 is 0 Å². The third-order valence-corrected chi connectivity index (χ3v) is 5.55. The molecule has 1 aliphatic heterocycles. The molecule has 0 fully saturated rings. The van der Waals surface area contributed by atoms with Gasteiger partial charge in [0.1, 0.15) is 5.75 Å². The summed E-state index contributed by atoms with van der Waals surface area (Å²) in [7, 11) is 1.74. The summed E-state index contributed by atoms with van der Waals surface area (Å²) in [5, 5.41) is 1.34. The minimum atomic E-state index is 0.943. The van der Waals surface area contributed by atoms with Gasteiger partial charge in [0.15, 0.2) is 0 Å². The summed E-state index contributed by atoms with van der Waals surface area (Å²) in [6.45, 7) is 0.944. The number of methoxy groups -OCH3 is 1. The number of thioether (sulfide) groups is 1. The van der Waals surface area contributed by atoms with Gasteiger partial charge in [-0.2, -0.15) is 0 Å². The molecular formula is C19H19NOS. The topological polar surface area (TPSA) is 14.2 Å². The monoisotopic (exact) mass is 309 g/mol. The van der Waals surface area contributed by atoms with Gasteiger partial charge in [-0.15, -0.1) is 11.8 Å². The van der Waals surface area contributed by atoms with Crippen molar-refractivity contribution in [3.63, 3.8) is 0 Å². The highest BCUT2D eigenvalue weighted by Crippen LogP contribution is 2.40. The van der Waals surface area contributed by atoms with Crippen LogP contribution in [0.3, 0.4) is 0 Å². The van der Waals surface area contributed by atoms with E-state index in [9.17, 15) is 0 Å². The average Bonchev–Trinajstić information content (AvgIpc) is 2.89. The molecule has 1 aromatic heterocycles. The van der Waals surface area contributed by atoms with Crippen LogP contribution in [0.4, 0.5) is 0 Å². The lowest BCUT2D eigenvalue weighted by molar-refractivity contribution is 0.415. The highest BCUT2D eigenvalue weighted by atomic mass is 32.2. The predicted molar refractivity (Wildman–Crippen MR) is 93.1 cm³/mol. The second-order valence-electron chi connectivity index (χ2n) is 5.68. The number of hydrogen-bond acceptors (Lipinski definition) is 2. The van der Waals surface area contributed by atoms with Crippen molar-refractivity contribution in [1.29, 1.82) is 0 Å². The van der Waals surface area contributed by atoms with Crippen LogP contribution in [0.5, 0.6) is 5.75 Å². The van der Waals surface area contributed by atoms with Crippen molar-refractivity contribution in [3.05, 3.63) is 59.8 Å². The molecule has 112 valence electrons. The number of fused-ring (bicyclic) bond motifs is 3. The van der Waals surface area contributed by atoms with Gasteiger partial charge in [-0.1, -0.05) is 30.3 Å². The van der Waals surface area contributed by atoms with Crippen LogP contribution in [-0.2, 0) is 13.0 Å². The molecule has 4 rings (SSSR count). The lowest BCUT2D eigenvalue weighted by atomic mass is 10.2. The Morgan fingerprint density at radius 3 is 2.82 bits per heavy atom. The fourth-order valence-electron chi connectivity index (χ4n) is 3.25. The van der Waals surface area contributed by atoms with Crippen LogP contribution in [0.15, 0.2) is 53.4 Å². The van der Waals surface area contributed by atoms with E-state index >= 15 is 0 Å². The minimum Gasteiger partial charge on any atom is -0.497 e. The number of hydrogen-bond donors (Lipinski definition) is 0. The van der Waals surface area contributed by atoms with E-state index in [1.807, 2.05) is 11.8 Å². The number of ether oxygens (including phenoxy) is 1. The summed E-state index contributed by atoms with van der Waals surface area (Å²) in [5.74, 6) is 2.16. The van der Waals surface area contributed by atoms with E-state index in [0.29, 0.717) is 0 Å². The van der Waals surface area contributed by atoms with Gasteiger partial charge in [-0.25, -0.2) is 0 Å². The van der Waals surface area contributed by atoms with Crippen LogP contribution in [0.2, 0.25) is 0 Å². The Hall–Kier alpha value is -1.87. The van der Waals surface area contributed by atoms with Crippen molar-refractivity contribution >= 4 is 22.7 Å². The van der Waals surface area contributed by atoms with Gasteiger partial charge in [-0.05, 0) is 42.4 Å². The minimum absolute atomic E-state index is 0.943. The Kier molecular flexibility index (Phi) is 3.59. The number of benzene rings is 2. The standard InChI is InChI=1S/C19H19NOS/c1-21-15-9-10-17-16(12-15)19-18(8-5-11-22-19)20(17)13-14-6-3-2-4-7-14/h2-4,6-7,9-10,12H,5,8,11,13H2,1H3. The van der Waals surface area contributed by atoms with Crippen molar-refractivity contribution < 1.29 is 4.74 Å². The van der Waals surface area contributed by atoms with Crippen molar-refractivity contribution in [3.8, 4) is 5.75 Å². The van der Waals surface area contributed by atoms with Crippen LogP contribution in [0.25, 0.3) is 10.9 Å². The molecule has 0 radical (unpaired) electrons. The van der Waals surface area contributed by atoms with Crippen LogP contribution in [0.1, 0.15) is 17.7 Å². The molecule has 0 amide bonds. The van der Waals surface area contributed by atoms with E-state index in [1.54, 1.807) is 7.11 Å². The molecule has 0 unspecified atom stereocenters. The first kappa shape index (κ1) is 13.8. The Morgan fingerprint density at radius 1 is 1.14 bits per heavy atom. The maximum absolute atomic E-state index is 5.42. The summed E-state index contributed by atoms with van der Waals surface area (Å²) >= 11 is 1.99. The summed E-state index contributed by atoms with van der Waals surface area (Å²) in [5.41, 5.74) is 4.17. The van der Waals surface area contributed by atoms with Crippen molar-refractivity contribution in [2.75, 3.05) is 12.9 Å². The third-order valence-electron chi connectivity index (χ3n) is 4.31. The lowest BCUT2D eigenvalue weighted by Crippen LogP contribution is -2.07. The molecule has 2 nitrogen and oxygen atoms in total. The maximum Gasteiger partial charge on any atom is 0.119 e. The maximum atomic E-state index is 5.42. The van der Waals surface area contributed by atoms with Crippen molar-refractivity contribution in [2.24, 2.45) is 0 Å². The van der Waals surface area contributed by atoms with Crippen molar-refractivity contribution in [1.82, 2.24) is 4.57 Å². The fourth-order valence-corrected chi connectivity index (χ4v) is 4.44. The van der Waals surface area contributed by atoms with Crippen LogP contribution < -0.4 is 4.74 Å². The van der Waals surface area contributed by atoms with Gasteiger partial charge in [-0.3, -0.25) is 0 Å². The molecular weight excluding hydrogens is 290 g/mol. The van der Waals surface area contributed by atoms with Crippen LogP contribution in [0, 0.1) is 0 Å². The molecule has 3 heteroatoms. The number of aromatic nitrogens is 1. The van der Waals surface area contributed by atoms with E-state index < -0.39 is 0 Å². The summed E-state index contributed by atoms with van der Waals surface area (Å²) in [6, 6.07) is 17.2. The first-order valence-corrected chi connectivity index (χ1v) is 8.71. The SMILES string of the molecule is COc1ccc2c(c1)c1c(n2Cc2ccccc2)CCCS1. The molecule has 0 N–H and O–H groups in total. The Bertz CT molecular complexity index is 807. The molecule has 0 atom stereocenters. The Balaban J connectivity index is 1.89. The molecule has 2 heterocycles. The molecule has 2 aromatic carbocycles. The molecule has 22 heavy (non-hydrogen) atoms. The molecule has 1 aliphatic rings. The fraction of sp³-hybridized carbons (Fsp3) is 0.263. The zero-order valence-electron chi connectivity index (χ0n) is 12.7. The molecule has 0 aliphatic carbocycles. The van der Waals surface area contributed by atoms with Crippen LogP contribution >= 0.6 is 11.8 Å². The molecule has 3 aromatic rings. The molecule has 0 saturated heterocycles. The normalized spacial score (nSPS) is 14.0. The van der Waals surface area contributed by atoms with E-state index in [4.69, 9.17) is 4.74 Å². The van der Waals surface area contributed by atoms with Crippen molar-refractivity contribution in [2.45, 2.75) is 24.3 Å². The second-order valence-corrected chi connectivity index (χ2v) is 6.79. The molecule has 0 spiro atoms. The Labute approximate surface area is 135 Å². The van der Waals surface area contributed by atoms with E-state index in [2.05, 4.69) is 53.1 Å².